The summed E-state index contributed by atoms with van der Waals surface area (Å²) in [5.41, 5.74) is 1.76. The molecule has 1 fully saturated rings. The number of rotatable bonds is 2. The molecule has 1 aliphatic rings. The zero-order valence-corrected chi connectivity index (χ0v) is 13.7. The summed E-state index contributed by atoms with van der Waals surface area (Å²) in [5.74, 6) is 2.61. The number of alkyl halides is 1. The molecule has 1 aromatic carbocycles. The van der Waals surface area contributed by atoms with Gasteiger partial charge in [-0.2, -0.15) is 0 Å². The van der Waals surface area contributed by atoms with Crippen molar-refractivity contribution in [2.75, 3.05) is 11.5 Å². The molecule has 1 saturated heterocycles. The molecule has 7 heteroatoms. The van der Waals surface area contributed by atoms with Crippen LogP contribution >= 0.6 is 34.8 Å². The van der Waals surface area contributed by atoms with Crippen LogP contribution in [0.4, 0.5) is 0 Å². The maximum absolute atomic E-state index is 11.5. The highest BCUT2D eigenvalue weighted by atomic mass is 35.5. The molecule has 108 valence electrons. The number of nitrogens with zero attached hydrogens (tertiary/aromatic N) is 2. The van der Waals surface area contributed by atoms with Crippen LogP contribution in [0.15, 0.2) is 12.1 Å². The van der Waals surface area contributed by atoms with Crippen LogP contribution in [0.2, 0.25) is 10.0 Å². The Balaban J connectivity index is 2.12. The number of hydrogen-bond donors (Lipinski definition) is 0. The van der Waals surface area contributed by atoms with Gasteiger partial charge < -0.3 is 4.57 Å². The van der Waals surface area contributed by atoms with E-state index in [1.54, 1.807) is 6.07 Å². The van der Waals surface area contributed by atoms with Crippen LogP contribution in [0.5, 0.6) is 0 Å². The molecule has 0 amide bonds. The molecule has 0 spiro atoms. The zero-order valence-electron chi connectivity index (χ0n) is 10.6. The van der Waals surface area contributed by atoms with Gasteiger partial charge in [0.2, 0.25) is 0 Å². The maximum atomic E-state index is 11.5. The van der Waals surface area contributed by atoms with Crippen LogP contribution in [-0.4, -0.2) is 25.3 Å². The molecule has 0 N–H and O–H groups in total. The third kappa shape index (κ3) is 2.59. The van der Waals surface area contributed by atoms with E-state index in [9.17, 15) is 4.21 Å². The Morgan fingerprint density at radius 1 is 1.25 bits per heavy atom. The molecule has 2 aromatic rings. The number of aromatic nitrogens is 2. The summed E-state index contributed by atoms with van der Waals surface area (Å²) >= 11 is 18.2. The smallest absolute Gasteiger partial charge is 0.125 e. The van der Waals surface area contributed by atoms with Gasteiger partial charge in [0.15, 0.2) is 0 Å². The van der Waals surface area contributed by atoms with Gasteiger partial charge in [-0.15, -0.1) is 11.6 Å². The maximum Gasteiger partial charge on any atom is 0.125 e. The van der Waals surface area contributed by atoms with Gasteiger partial charge in [-0.3, -0.25) is 4.21 Å². The standard InChI is InChI=1S/C13H13Cl3N2OS/c14-7-13-17-11-5-9(15)10(16)6-12(11)18(13)8-1-3-20(19)4-2-8/h5-6,8H,1-4,7H2. The number of hydrogen-bond acceptors (Lipinski definition) is 2. The molecule has 0 aliphatic carbocycles. The van der Waals surface area contributed by atoms with Crippen LogP contribution < -0.4 is 0 Å². The lowest BCUT2D eigenvalue weighted by Crippen LogP contribution is -2.22. The van der Waals surface area contributed by atoms with Gasteiger partial charge >= 0.3 is 0 Å². The third-order valence-electron chi connectivity index (χ3n) is 3.65. The topological polar surface area (TPSA) is 34.9 Å². The van der Waals surface area contributed by atoms with Gasteiger partial charge in [0.1, 0.15) is 5.82 Å². The molecule has 0 radical (unpaired) electrons. The van der Waals surface area contributed by atoms with Crippen molar-refractivity contribution < 1.29 is 4.21 Å². The van der Waals surface area contributed by atoms with E-state index in [1.807, 2.05) is 6.07 Å². The van der Waals surface area contributed by atoms with E-state index in [0.29, 0.717) is 15.9 Å². The van der Waals surface area contributed by atoms with Crippen LogP contribution in [0, 0.1) is 0 Å². The summed E-state index contributed by atoms with van der Waals surface area (Å²) in [6, 6.07) is 3.89. The summed E-state index contributed by atoms with van der Waals surface area (Å²) in [4.78, 5) is 4.54. The first kappa shape index (κ1) is 14.6. The Hall–Kier alpha value is -0.290. The summed E-state index contributed by atoms with van der Waals surface area (Å²) in [5, 5.41) is 1.01. The van der Waals surface area contributed by atoms with E-state index in [1.165, 1.54) is 0 Å². The van der Waals surface area contributed by atoms with Gasteiger partial charge in [0.05, 0.1) is 27.0 Å². The molecule has 1 aromatic heterocycles. The molecule has 20 heavy (non-hydrogen) atoms. The van der Waals surface area contributed by atoms with Gasteiger partial charge in [-0.1, -0.05) is 23.2 Å². The second-order valence-corrected chi connectivity index (χ2v) is 7.64. The first-order valence-electron chi connectivity index (χ1n) is 6.37. The van der Waals surface area contributed by atoms with Gasteiger partial charge in [0.25, 0.3) is 0 Å². The van der Waals surface area contributed by atoms with Crippen molar-refractivity contribution >= 4 is 56.6 Å². The highest BCUT2D eigenvalue weighted by Crippen LogP contribution is 2.33. The molecule has 0 saturated carbocycles. The Kier molecular flexibility index (Phi) is 4.27. The minimum absolute atomic E-state index is 0.281. The highest BCUT2D eigenvalue weighted by molar-refractivity contribution is 7.85. The monoisotopic (exact) mass is 350 g/mol. The summed E-state index contributed by atoms with van der Waals surface area (Å²) in [6.45, 7) is 0. The van der Waals surface area contributed by atoms with Gasteiger partial charge in [0, 0.05) is 28.3 Å². The molecule has 2 heterocycles. The third-order valence-corrected chi connectivity index (χ3v) is 5.99. The van der Waals surface area contributed by atoms with Gasteiger partial charge in [-0.05, 0) is 25.0 Å². The zero-order chi connectivity index (χ0) is 14.3. The second-order valence-electron chi connectivity index (χ2n) is 4.87. The average molecular weight is 352 g/mol. The first-order valence-corrected chi connectivity index (χ1v) is 9.15. The number of imidazole rings is 1. The lowest BCUT2D eigenvalue weighted by molar-refractivity contribution is 0.462. The summed E-state index contributed by atoms with van der Waals surface area (Å²) in [6.07, 6.45) is 1.75. The van der Waals surface area contributed by atoms with Crippen molar-refractivity contribution in [3.8, 4) is 0 Å². The van der Waals surface area contributed by atoms with Crippen molar-refractivity contribution in [2.45, 2.75) is 24.8 Å². The largest absolute Gasteiger partial charge is 0.324 e. The minimum atomic E-state index is -0.687. The van der Waals surface area contributed by atoms with E-state index in [0.717, 1.165) is 41.2 Å². The normalized spacial score (nSPS) is 23.4. The fourth-order valence-electron chi connectivity index (χ4n) is 2.68. The van der Waals surface area contributed by atoms with E-state index in [-0.39, 0.29) is 6.04 Å². The lowest BCUT2D eigenvalue weighted by atomic mass is 10.1. The summed E-state index contributed by atoms with van der Waals surface area (Å²) < 4.78 is 13.7. The molecule has 3 nitrogen and oxygen atoms in total. The number of fused-ring (bicyclic) bond motifs is 1. The molecule has 1 aliphatic heterocycles. The van der Waals surface area contributed by atoms with Crippen molar-refractivity contribution in [3.63, 3.8) is 0 Å². The average Bonchev–Trinajstić information content (AvgIpc) is 2.78. The van der Waals surface area contributed by atoms with Crippen molar-refractivity contribution in [1.82, 2.24) is 9.55 Å². The predicted octanol–water partition coefficient (Wildman–Crippen LogP) is 4.17. The number of halogens is 3. The summed E-state index contributed by atoms with van der Waals surface area (Å²) in [7, 11) is -0.687. The predicted molar refractivity (Wildman–Crippen MR) is 85.5 cm³/mol. The Morgan fingerprint density at radius 2 is 1.90 bits per heavy atom. The van der Waals surface area contributed by atoms with Crippen LogP contribution in [0.25, 0.3) is 11.0 Å². The molecular formula is C13H13Cl3N2OS. The molecular weight excluding hydrogens is 339 g/mol. The minimum Gasteiger partial charge on any atom is -0.324 e. The van der Waals surface area contributed by atoms with E-state index in [4.69, 9.17) is 34.8 Å². The Labute approximate surface area is 134 Å². The highest BCUT2D eigenvalue weighted by Gasteiger charge is 2.24. The fraction of sp³-hybridized carbons (Fsp3) is 0.462. The fourth-order valence-corrected chi connectivity index (χ4v) is 4.46. The van der Waals surface area contributed by atoms with Crippen LogP contribution in [0.1, 0.15) is 24.7 Å². The SMILES string of the molecule is O=S1CCC(n2c(CCl)nc3cc(Cl)c(Cl)cc32)CC1. The first-order chi connectivity index (χ1) is 9.60. The van der Waals surface area contributed by atoms with Crippen LogP contribution in [0.3, 0.4) is 0 Å². The molecule has 0 bridgehead atoms. The number of benzene rings is 1. The molecule has 3 rings (SSSR count). The van der Waals surface area contributed by atoms with E-state index in [2.05, 4.69) is 9.55 Å². The van der Waals surface area contributed by atoms with Gasteiger partial charge in [-0.25, -0.2) is 4.98 Å². The van der Waals surface area contributed by atoms with Crippen molar-refractivity contribution in [1.29, 1.82) is 0 Å². The molecule has 0 atom stereocenters. The Bertz CT molecular complexity index is 676. The van der Waals surface area contributed by atoms with Crippen molar-refractivity contribution in [2.24, 2.45) is 0 Å². The Morgan fingerprint density at radius 3 is 2.55 bits per heavy atom. The van der Waals surface area contributed by atoms with Crippen LogP contribution in [-0.2, 0) is 16.7 Å². The van der Waals surface area contributed by atoms with E-state index >= 15 is 0 Å². The van der Waals surface area contributed by atoms with Crippen molar-refractivity contribution in [3.05, 3.63) is 28.0 Å². The quantitative estimate of drug-likeness (QED) is 0.761. The second kappa shape index (κ2) is 5.84. The molecule has 0 unspecified atom stereocenters. The lowest BCUT2D eigenvalue weighted by Gasteiger charge is -2.25. The van der Waals surface area contributed by atoms with E-state index < -0.39 is 10.8 Å².